The third kappa shape index (κ3) is 7.96. The van der Waals surface area contributed by atoms with E-state index in [0.717, 1.165) is 39.8 Å². The fraction of sp³-hybridized carbons (Fsp3) is 0.120. The number of anilines is 12. The molecule has 0 spiro atoms. The Labute approximate surface area is 487 Å². The summed E-state index contributed by atoms with van der Waals surface area (Å²) in [6.45, 7) is 14.1. The standard InChI is InChI=1S/C75H62B2N4S/c1-48(2)51-41-60(49(3)4)74(61(42-51)50(5)6)76-62-34-20-22-36-66(62)79(54-29-15-9-16-30-54)68-47-69-65(46-64(68)76)77-63-35-21-23-37-67(63)81(56-39-40-59-58-33-19-24-38-72(58)82-73(59)45-56)71-44-57(43-70(75(71)77)80(69)55-31-17-10-18-32-55)78(52-25-11-7-12-26-52)53-27-13-8-14-28-53/h7-50H,1-6H3. The van der Waals surface area contributed by atoms with Gasteiger partial charge >= 0.3 is 0 Å². The van der Waals surface area contributed by atoms with Gasteiger partial charge in [-0.25, -0.2) is 0 Å². The highest BCUT2D eigenvalue weighted by Gasteiger charge is 2.47. The number of hydrogen-bond donors (Lipinski definition) is 0. The summed E-state index contributed by atoms with van der Waals surface area (Å²) in [5.74, 6) is 1.01. The fourth-order valence-corrected chi connectivity index (χ4v) is 15.0. The lowest BCUT2D eigenvalue weighted by Gasteiger charge is -2.46. The van der Waals surface area contributed by atoms with Crippen molar-refractivity contribution in [1.82, 2.24) is 0 Å². The molecule has 3 aliphatic rings. The van der Waals surface area contributed by atoms with Crippen molar-refractivity contribution in [1.29, 1.82) is 0 Å². The van der Waals surface area contributed by atoms with Crippen molar-refractivity contribution >= 4 is 146 Å². The van der Waals surface area contributed by atoms with Crippen LogP contribution in [0, 0.1) is 0 Å². The number of benzene rings is 11. The van der Waals surface area contributed by atoms with Crippen LogP contribution in [0.2, 0.25) is 0 Å². The summed E-state index contributed by atoms with van der Waals surface area (Å²) in [7, 11) is 0. The molecule has 0 fully saturated rings. The van der Waals surface area contributed by atoms with E-state index >= 15 is 0 Å². The molecule has 394 valence electrons. The maximum absolute atomic E-state index is 2.67. The molecule has 0 saturated heterocycles. The Balaban J connectivity index is 1.08. The third-order valence-corrected chi connectivity index (χ3v) is 18.7. The number of para-hydroxylation sites is 6. The first kappa shape index (κ1) is 50.0. The van der Waals surface area contributed by atoms with Crippen LogP contribution in [0.3, 0.4) is 0 Å². The van der Waals surface area contributed by atoms with Gasteiger partial charge < -0.3 is 19.6 Å². The summed E-state index contributed by atoms with van der Waals surface area (Å²) in [4.78, 5) is 10.2. The van der Waals surface area contributed by atoms with Crippen molar-refractivity contribution < 1.29 is 0 Å². The second-order valence-electron chi connectivity index (χ2n) is 23.4. The summed E-state index contributed by atoms with van der Waals surface area (Å²) in [6, 6.07) is 93.8. The molecule has 82 heavy (non-hydrogen) atoms. The first-order valence-electron chi connectivity index (χ1n) is 29.2. The van der Waals surface area contributed by atoms with Gasteiger partial charge in [-0.1, -0.05) is 199 Å². The number of nitrogens with zero attached hydrogens (tertiary/aromatic N) is 4. The quantitative estimate of drug-likeness (QED) is 0.127. The van der Waals surface area contributed by atoms with E-state index in [1.165, 1.54) is 98.1 Å². The smallest absolute Gasteiger partial charge is 0.252 e. The molecular weight excluding hydrogens is 1010 g/mol. The molecule has 0 aliphatic carbocycles. The van der Waals surface area contributed by atoms with E-state index < -0.39 is 0 Å². The second kappa shape index (κ2) is 19.9. The Morgan fingerprint density at radius 2 is 0.768 bits per heavy atom. The van der Waals surface area contributed by atoms with E-state index in [0.29, 0.717) is 17.8 Å². The van der Waals surface area contributed by atoms with Crippen LogP contribution >= 0.6 is 11.3 Å². The van der Waals surface area contributed by atoms with E-state index in [2.05, 4.69) is 310 Å². The fourth-order valence-electron chi connectivity index (χ4n) is 13.9. The maximum Gasteiger partial charge on any atom is 0.252 e. The SMILES string of the molecule is CC(C)c1cc(C(C)C)c(B2c3ccccc3N(c3ccccc3)c3cc4c(cc32)B2c3ccccc3N(c3ccc5c(c3)sc3ccccc35)c3cc(N(c5ccccc5)c5ccccc5)cc(c32)N4c2ccccc2)c(C(C)C)c1. The Morgan fingerprint density at radius 3 is 1.30 bits per heavy atom. The van der Waals surface area contributed by atoms with E-state index in [1.54, 1.807) is 0 Å². The van der Waals surface area contributed by atoms with Crippen molar-refractivity contribution in [3.05, 3.63) is 265 Å². The van der Waals surface area contributed by atoms with Crippen LogP contribution in [0.1, 0.15) is 76.0 Å². The Kier molecular flexibility index (Phi) is 12.1. The molecule has 0 unspecified atom stereocenters. The van der Waals surface area contributed by atoms with Gasteiger partial charge in [0, 0.05) is 82.7 Å². The highest BCUT2D eigenvalue weighted by Crippen LogP contribution is 2.50. The summed E-state index contributed by atoms with van der Waals surface area (Å²) < 4.78 is 2.58. The lowest BCUT2D eigenvalue weighted by molar-refractivity contribution is 0.812. The third-order valence-electron chi connectivity index (χ3n) is 17.6. The molecule has 3 aliphatic heterocycles. The van der Waals surface area contributed by atoms with Gasteiger partial charge in [0.1, 0.15) is 0 Å². The minimum atomic E-state index is -0.123. The number of hydrogen-bond acceptors (Lipinski definition) is 5. The molecule has 0 saturated carbocycles. The zero-order valence-corrected chi connectivity index (χ0v) is 48.1. The van der Waals surface area contributed by atoms with E-state index in [4.69, 9.17) is 0 Å². The van der Waals surface area contributed by atoms with E-state index in [9.17, 15) is 0 Å². The molecule has 4 nitrogen and oxygen atoms in total. The lowest BCUT2D eigenvalue weighted by atomic mass is 9.30. The molecule has 7 heteroatoms. The summed E-state index contributed by atoms with van der Waals surface area (Å²) in [5, 5.41) is 2.59. The summed E-state index contributed by atoms with van der Waals surface area (Å²) in [5.41, 5.74) is 26.0. The maximum atomic E-state index is 2.67. The molecular formula is C75H62B2N4S. The van der Waals surface area contributed by atoms with Crippen LogP contribution in [0.25, 0.3) is 20.2 Å². The highest BCUT2D eigenvalue weighted by atomic mass is 32.1. The molecule has 0 atom stereocenters. The first-order chi connectivity index (χ1) is 40.2. The molecule has 1 aromatic heterocycles. The number of fused-ring (bicyclic) bond motifs is 9. The molecule has 12 aromatic rings. The van der Waals surface area contributed by atoms with Crippen LogP contribution in [-0.4, -0.2) is 13.4 Å². The van der Waals surface area contributed by atoms with Gasteiger partial charge in [-0.05, 0) is 159 Å². The normalized spacial score (nSPS) is 13.2. The van der Waals surface area contributed by atoms with Crippen LogP contribution in [0.4, 0.5) is 68.2 Å². The Bertz CT molecular complexity index is 4360. The van der Waals surface area contributed by atoms with Crippen LogP contribution in [-0.2, 0) is 0 Å². The van der Waals surface area contributed by atoms with Crippen LogP contribution < -0.4 is 52.4 Å². The molecule has 11 aromatic carbocycles. The number of rotatable bonds is 10. The highest BCUT2D eigenvalue weighted by molar-refractivity contribution is 7.25. The van der Waals surface area contributed by atoms with Crippen molar-refractivity contribution in [3.63, 3.8) is 0 Å². The van der Waals surface area contributed by atoms with Gasteiger partial charge in [0.05, 0.1) is 5.69 Å². The Hall–Kier alpha value is -9.03. The molecule has 4 heterocycles. The molecule has 0 radical (unpaired) electrons. The number of thiophene rings is 1. The van der Waals surface area contributed by atoms with Gasteiger partial charge in [-0.2, -0.15) is 0 Å². The van der Waals surface area contributed by atoms with Crippen molar-refractivity contribution in [2.45, 2.75) is 59.3 Å². The van der Waals surface area contributed by atoms with Crippen molar-refractivity contribution in [2.24, 2.45) is 0 Å². The zero-order chi connectivity index (χ0) is 55.3. The van der Waals surface area contributed by atoms with Crippen molar-refractivity contribution in [2.75, 3.05) is 19.6 Å². The second-order valence-corrected chi connectivity index (χ2v) is 24.5. The van der Waals surface area contributed by atoms with Crippen LogP contribution in [0.15, 0.2) is 249 Å². The molecule has 15 rings (SSSR count). The van der Waals surface area contributed by atoms with E-state index in [1.807, 2.05) is 11.3 Å². The Morgan fingerprint density at radius 1 is 0.317 bits per heavy atom. The molecule has 0 amide bonds. The van der Waals surface area contributed by atoms with Gasteiger partial charge in [0.25, 0.3) is 6.71 Å². The van der Waals surface area contributed by atoms with E-state index in [-0.39, 0.29) is 13.4 Å². The summed E-state index contributed by atoms with van der Waals surface area (Å²) in [6.07, 6.45) is 0. The predicted octanol–water partition coefficient (Wildman–Crippen LogP) is 17.3. The van der Waals surface area contributed by atoms with Crippen molar-refractivity contribution in [3.8, 4) is 0 Å². The first-order valence-corrected chi connectivity index (χ1v) is 30.0. The average molecular weight is 1070 g/mol. The largest absolute Gasteiger partial charge is 0.311 e. The minimum Gasteiger partial charge on any atom is -0.311 e. The summed E-state index contributed by atoms with van der Waals surface area (Å²) >= 11 is 1.88. The predicted molar refractivity (Wildman–Crippen MR) is 356 cm³/mol. The average Bonchev–Trinajstić information content (AvgIpc) is 1.05. The van der Waals surface area contributed by atoms with Gasteiger partial charge in [-0.15, -0.1) is 11.3 Å². The monoisotopic (exact) mass is 1070 g/mol. The van der Waals surface area contributed by atoms with Gasteiger partial charge in [0.2, 0.25) is 6.71 Å². The topological polar surface area (TPSA) is 13.0 Å². The van der Waals surface area contributed by atoms with Gasteiger partial charge in [0.15, 0.2) is 0 Å². The minimum absolute atomic E-state index is 0.0467. The van der Waals surface area contributed by atoms with Gasteiger partial charge in [-0.3, -0.25) is 0 Å². The zero-order valence-electron chi connectivity index (χ0n) is 47.3. The van der Waals surface area contributed by atoms with Crippen LogP contribution in [0.5, 0.6) is 0 Å². The molecule has 0 N–H and O–H groups in total. The molecule has 0 bridgehead atoms. The lowest BCUT2D eigenvalue weighted by Crippen LogP contribution is -2.64.